The Hall–Kier alpha value is -3.87. The Morgan fingerprint density at radius 3 is 2.53 bits per heavy atom. The van der Waals surface area contributed by atoms with Crippen molar-refractivity contribution in [3.05, 3.63) is 102 Å². The summed E-state index contributed by atoms with van der Waals surface area (Å²) in [6.45, 7) is 4.88. The van der Waals surface area contributed by atoms with Gasteiger partial charge in [-0.25, -0.2) is 14.7 Å². The summed E-state index contributed by atoms with van der Waals surface area (Å²) in [5.74, 6) is 1.78. The Morgan fingerprint density at radius 2 is 1.78 bits per heavy atom. The highest BCUT2D eigenvalue weighted by Crippen LogP contribution is 2.10. The summed E-state index contributed by atoms with van der Waals surface area (Å²) in [5.41, 5.74) is 3.41. The fourth-order valence-corrected chi connectivity index (χ4v) is 3.54. The lowest BCUT2D eigenvalue weighted by atomic mass is 10.2. The molecule has 0 spiro atoms. The maximum absolute atomic E-state index is 4.84. The third-order valence-electron chi connectivity index (χ3n) is 5.14. The van der Waals surface area contributed by atoms with Gasteiger partial charge in [-0.15, -0.1) is 0 Å². The summed E-state index contributed by atoms with van der Waals surface area (Å²) in [4.78, 5) is 11.5. The molecule has 0 saturated heterocycles. The zero-order valence-electron chi connectivity index (χ0n) is 18.6. The van der Waals surface area contributed by atoms with Crippen molar-refractivity contribution >= 4 is 5.96 Å². The zero-order valence-corrected chi connectivity index (χ0v) is 18.6. The lowest BCUT2D eigenvalue weighted by Crippen LogP contribution is -2.38. The van der Waals surface area contributed by atoms with E-state index < -0.39 is 0 Å². The number of guanidine groups is 1. The molecular weight excluding hydrogens is 398 g/mol. The second-order valence-corrected chi connectivity index (χ2v) is 7.61. The number of aromatic nitrogens is 4. The smallest absolute Gasteiger partial charge is 0.194 e. The first kappa shape index (κ1) is 21.4. The number of hydrogen-bond donors (Lipinski definition) is 1. The van der Waals surface area contributed by atoms with E-state index in [4.69, 9.17) is 4.99 Å². The highest BCUT2D eigenvalue weighted by molar-refractivity contribution is 5.79. The van der Waals surface area contributed by atoms with Crippen LogP contribution in [-0.4, -0.2) is 43.8 Å². The van der Waals surface area contributed by atoms with Gasteiger partial charge < -0.3 is 14.8 Å². The summed E-state index contributed by atoms with van der Waals surface area (Å²) in [6, 6.07) is 20.5. The fraction of sp³-hybridized carbons (Fsp3) is 0.240. The standard InChI is InChI=1S/C25H29N7/c1-3-26-25(28-17-24-27-14-15-31(24)19-21-10-6-4-7-11-21)30(2)18-22-16-29-32(20-22)23-12-8-5-9-13-23/h4-16,20H,3,17-19H2,1-2H3,(H,26,28). The topological polar surface area (TPSA) is 63.3 Å². The van der Waals surface area contributed by atoms with Crippen molar-refractivity contribution in [3.63, 3.8) is 0 Å². The van der Waals surface area contributed by atoms with Crippen LogP contribution in [-0.2, 0) is 19.6 Å². The maximum atomic E-state index is 4.84. The predicted octanol–water partition coefficient (Wildman–Crippen LogP) is 3.71. The lowest BCUT2D eigenvalue weighted by molar-refractivity contribution is 0.476. The van der Waals surface area contributed by atoms with Crippen molar-refractivity contribution in [2.45, 2.75) is 26.6 Å². The van der Waals surface area contributed by atoms with E-state index in [1.807, 2.05) is 66.7 Å². The average Bonchev–Trinajstić information content (AvgIpc) is 3.47. The Balaban J connectivity index is 1.43. The number of nitrogens with one attached hydrogen (secondary N) is 1. The largest absolute Gasteiger partial charge is 0.357 e. The number of hydrogen-bond acceptors (Lipinski definition) is 3. The van der Waals surface area contributed by atoms with Crippen LogP contribution in [0.5, 0.6) is 0 Å². The number of benzene rings is 2. The van der Waals surface area contributed by atoms with Crippen molar-refractivity contribution in [3.8, 4) is 5.69 Å². The minimum Gasteiger partial charge on any atom is -0.357 e. The minimum atomic E-state index is 0.510. The molecule has 32 heavy (non-hydrogen) atoms. The molecule has 0 aliphatic rings. The Bertz CT molecular complexity index is 1130. The van der Waals surface area contributed by atoms with Crippen LogP contribution in [0.15, 0.2) is 90.4 Å². The van der Waals surface area contributed by atoms with Crippen molar-refractivity contribution < 1.29 is 0 Å². The zero-order chi connectivity index (χ0) is 22.2. The molecule has 4 rings (SSSR count). The molecule has 2 aromatic heterocycles. The molecule has 7 nitrogen and oxygen atoms in total. The summed E-state index contributed by atoms with van der Waals surface area (Å²) in [5, 5.41) is 7.88. The molecule has 0 unspecified atom stereocenters. The molecule has 0 saturated carbocycles. The monoisotopic (exact) mass is 427 g/mol. The lowest BCUT2D eigenvalue weighted by Gasteiger charge is -2.21. The van der Waals surface area contributed by atoms with Gasteiger partial charge in [0.2, 0.25) is 0 Å². The first-order valence-corrected chi connectivity index (χ1v) is 10.9. The normalized spacial score (nSPS) is 11.5. The van der Waals surface area contributed by atoms with E-state index in [1.165, 1.54) is 5.56 Å². The van der Waals surface area contributed by atoms with Crippen LogP contribution >= 0.6 is 0 Å². The third kappa shape index (κ3) is 5.43. The predicted molar refractivity (Wildman–Crippen MR) is 128 cm³/mol. The number of nitrogens with zero attached hydrogens (tertiary/aromatic N) is 6. The molecule has 4 aromatic rings. The van der Waals surface area contributed by atoms with Crippen LogP contribution in [0.3, 0.4) is 0 Å². The van der Waals surface area contributed by atoms with Crippen LogP contribution in [0.25, 0.3) is 5.69 Å². The molecule has 7 heteroatoms. The molecule has 164 valence electrons. The fourth-order valence-electron chi connectivity index (χ4n) is 3.54. The molecular formula is C25H29N7. The third-order valence-corrected chi connectivity index (χ3v) is 5.14. The van der Waals surface area contributed by atoms with Gasteiger partial charge in [-0.1, -0.05) is 48.5 Å². The molecule has 0 radical (unpaired) electrons. The van der Waals surface area contributed by atoms with E-state index >= 15 is 0 Å². The van der Waals surface area contributed by atoms with Gasteiger partial charge in [0.1, 0.15) is 12.4 Å². The SMILES string of the molecule is CCNC(=NCc1nccn1Cc1ccccc1)N(C)Cc1cnn(-c2ccccc2)c1. The van der Waals surface area contributed by atoms with Crippen LogP contribution in [0.4, 0.5) is 0 Å². The quantitative estimate of drug-likeness (QED) is 0.344. The summed E-state index contributed by atoms with van der Waals surface area (Å²) in [7, 11) is 2.04. The van der Waals surface area contributed by atoms with E-state index in [9.17, 15) is 0 Å². The van der Waals surface area contributed by atoms with Gasteiger partial charge in [0.15, 0.2) is 5.96 Å². The highest BCUT2D eigenvalue weighted by Gasteiger charge is 2.10. The first-order valence-electron chi connectivity index (χ1n) is 10.9. The van der Waals surface area contributed by atoms with E-state index in [0.29, 0.717) is 13.1 Å². The molecule has 0 fully saturated rings. The number of aliphatic imine (C=N–C) groups is 1. The molecule has 0 aliphatic heterocycles. The van der Waals surface area contributed by atoms with Gasteiger partial charge in [-0.05, 0) is 24.6 Å². The van der Waals surface area contributed by atoms with Gasteiger partial charge in [0.25, 0.3) is 0 Å². The molecule has 0 aliphatic carbocycles. The van der Waals surface area contributed by atoms with Crippen LogP contribution in [0, 0.1) is 0 Å². The van der Waals surface area contributed by atoms with Gasteiger partial charge in [-0.2, -0.15) is 5.10 Å². The summed E-state index contributed by atoms with van der Waals surface area (Å²) in [6.07, 6.45) is 7.80. The molecule has 0 bridgehead atoms. The van der Waals surface area contributed by atoms with E-state index in [0.717, 1.165) is 36.1 Å². The van der Waals surface area contributed by atoms with Gasteiger partial charge in [-0.3, -0.25) is 0 Å². The van der Waals surface area contributed by atoms with Crippen molar-refractivity contribution in [1.29, 1.82) is 0 Å². The van der Waals surface area contributed by atoms with Crippen molar-refractivity contribution in [1.82, 2.24) is 29.5 Å². The second kappa shape index (κ2) is 10.4. The summed E-state index contributed by atoms with van der Waals surface area (Å²) >= 11 is 0. The Labute approximate surface area is 189 Å². The highest BCUT2D eigenvalue weighted by atomic mass is 15.3. The van der Waals surface area contributed by atoms with Crippen LogP contribution < -0.4 is 5.32 Å². The maximum Gasteiger partial charge on any atom is 0.194 e. The molecule has 2 aromatic carbocycles. The van der Waals surface area contributed by atoms with E-state index in [2.05, 4.69) is 62.3 Å². The van der Waals surface area contributed by atoms with Gasteiger partial charge in [0.05, 0.1) is 11.9 Å². The number of imidazole rings is 1. The number of para-hydroxylation sites is 1. The Kier molecular flexibility index (Phi) is 6.97. The second-order valence-electron chi connectivity index (χ2n) is 7.61. The van der Waals surface area contributed by atoms with Gasteiger partial charge >= 0.3 is 0 Å². The number of rotatable bonds is 8. The van der Waals surface area contributed by atoms with Crippen LogP contribution in [0.1, 0.15) is 23.9 Å². The van der Waals surface area contributed by atoms with Crippen LogP contribution in [0.2, 0.25) is 0 Å². The first-order chi connectivity index (χ1) is 15.7. The molecule has 2 heterocycles. The van der Waals surface area contributed by atoms with E-state index in [-0.39, 0.29) is 0 Å². The van der Waals surface area contributed by atoms with Gasteiger partial charge in [0, 0.05) is 50.8 Å². The minimum absolute atomic E-state index is 0.510. The van der Waals surface area contributed by atoms with Crippen molar-refractivity contribution in [2.75, 3.05) is 13.6 Å². The summed E-state index contributed by atoms with van der Waals surface area (Å²) < 4.78 is 4.04. The molecule has 0 atom stereocenters. The molecule has 0 amide bonds. The average molecular weight is 428 g/mol. The van der Waals surface area contributed by atoms with E-state index in [1.54, 1.807) is 0 Å². The Morgan fingerprint density at radius 1 is 1.03 bits per heavy atom. The van der Waals surface area contributed by atoms with Crippen molar-refractivity contribution in [2.24, 2.45) is 4.99 Å². The molecule has 1 N–H and O–H groups in total.